The summed E-state index contributed by atoms with van der Waals surface area (Å²) in [7, 11) is 0. The lowest BCUT2D eigenvalue weighted by atomic mass is 10.00. The van der Waals surface area contributed by atoms with Crippen molar-refractivity contribution in [3.8, 4) is 11.6 Å². The zero-order valence-electron chi connectivity index (χ0n) is 22.1. The van der Waals surface area contributed by atoms with Crippen molar-refractivity contribution in [3.63, 3.8) is 0 Å². The molecular formula is C27H25F3N6O5. The van der Waals surface area contributed by atoms with Crippen LogP contribution in [0.3, 0.4) is 0 Å². The maximum Gasteiger partial charge on any atom is 0.410 e. The fourth-order valence-electron chi connectivity index (χ4n) is 5.03. The van der Waals surface area contributed by atoms with Gasteiger partial charge in [0.05, 0.1) is 24.4 Å². The lowest BCUT2D eigenvalue weighted by molar-refractivity contribution is -0.165. The molecule has 2 amide bonds. The van der Waals surface area contributed by atoms with Crippen molar-refractivity contribution in [2.45, 2.75) is 57.3 Å². The lowest BCUT2D eigenvalue weighted by Crippen LogP contribution is -2.43. The Kier molecular flexibility index (Phi) is 6.35. The molecular weight excluding hydrogens is 545 g/mol. The summed E-state index contributed by atoms with van der Waals surface area (Å²) >= 11 is 0. The molecule has 3 aromatic heterocycles. The summed E-state index contributed by atoms with van der Waals surface area (Å²) in [4.78, 5) is 35.5. The molecule has 1 N–H and O–H groups in total. The third kappa shape index (κ3) is 4.72. The summed E-state index contributed by atoms with van der Waals surface area (Å²) in [6, 6.07) is 7.15. The van der Waals surface area contributed by atoms with Crippen LogP contribution in [0.5, 0.6) is 11.6 Å². The number of amides is 2. The number of benzene rings is 1. The molecule has 1 fully saturated rings. The average molecular weight is 571 g/mol. The van der Waals surface area contributed by atoms with Crippen LogP contribution in [0.4, 0.5) is 28.6 Å². The summed E-state index contributed by atoms with van der Waals surface area (Å²) in [5.41, 5.74) is -0.0243. The molecule has 4 heterocycles. The second kappa shape index (κ2) is 9.78. The summed E-state index contributed by atoms with van der Waals surface area (Å²) in [5, 5.41) is 6.77. The number of aromatic nitrogens is 4. The van der Waals surface area contributed by atoms with Crippen molar-refractivity contribution in [2.24, 2.45) is 0 Å². The number of halogens is 3. The standard InChI is InChI=1S/C27H25F3N6O5/c1-3-39-25(38)36-13-19-18(10-15(36)2)23(32-14-31-19)40-17-4-5-20-16(11-17)6-9-35(20)24(37)33-22-12-21(41-34-22)26(7-8-26)27(28,29)30/h4-6,9,11-12,14-15H,3,7-8,10,13H2,1-2H3,(H,33,34,37)/t15-/m0/s1. The molecule has 214 valence electrons. The fourth-order valence-corrected chi connectivity index (χ4v) is 5.03. The maximum absolute atomic E-state index is 13.4. The Hall–Kier alpha value is -4.62. The van der Waals surface area contributed by atoms with Gasteiger partial charge in [-0.15, -0.1) is 0 Å². The Bertz CT molecular complexity index is 1640. The van der Waals surface area contributed by atoms with Crippen LogP contribution >= 0.6 is 0 Å². The van der Waals surface area contributed by atoms with Crippen molar-refractivity contribution >= 4 is 28.8 Å². The molecule has 1 aromatic carbocycles. The van der Waals surface area contributed by atoms with Crippen molar-refractivity contribution in [1.82, 2.24) is 24.6 Å². The molecule has 0 saturated heterocycles. The van der Waals surface area contributed by atoms with Gasteiger partial charge in [-0.2, -0.15) is 13.2 Å². The van der Waals surface area contributed by atoms with Crippen LogP contribution < -0.4 is 10.1 Å². The van der Waals surface area contributed by atoms with Gasteiger partial charge in [0.15, 0.2) is 11.6 Å². The first-order valence-corrected chi connectivity index (χ1v) is 13.0. The van der Waals surface area contributed by atoms with Gasteiger partial charge in [-0.3, -0.25) is 14.8 Å². The number of rotatable bonds is 5. The van der Waals surface area contributed by atoms with E-state index < -0.39 is 23.7 Å². The number of hydrogen-bond acceptors (Lipinski definition) is 8. The third-order valence-corrected chi connectivity index (χ3v) is 7.45. The predicted molar refractivity (Wildman–Crippen MR) is 138 cm³/mol. The van der Waals surface area contributed by atoms with Gasteiger partial charge in [-0.25, -0.2) is 19.6 Å². The van der Waals surface area contributed by atoms with Crippen LogP contribution in [0.25, 0.3) is 10.9 Å². The van der Waals surface area contributed by atoms with E-state index in [1.54, 1.807) is 36.1 Å². The number of carbonyl (C=O) groups excluding carboxylic acids is 2. The normalized spacial score (nSPS) is 17.7. The van der Waals surface area contributed by atoms with Crippen molar-refractivity contribution < 1.29 is 36.8 Å². The van der Waals surface area contributed by atoms with E-state index in [0.717, 1.165) is 11.6 Å². The Balaban J connectivity index is 1.18. The topological polar surface area (TPSA) is 125 Å². The van der Waals surface area contributed by atoms with E-state index in [0.29, 0.717) is 34.6 Å². The van der Waals surface area contributed by atoms with Gasteiger partial charge in [-0.05, 0) is 57.4 Å². The molecule has 0 bridgehead atoms. The first-order valence-electron chi connectivity index (χ1n) is 13.0. The number of nitrogens with one attached hydrogen (secondary N) is 1. The van der Waals surface area contributed by atoms with Crippen LogP contribution in [-0.4, -0.2) is 55.5 Å². The van der Waals surface area contributed by atoms with Crippen LogP contribution in [0, 0.1) is 0 Å². The molecule has 11 nitrogen and oxygen atoms in total. The Labute approximate surface area is 231 Å². The number of anilines is 1. The SMILES string of the molecule is CCOC(=O)N1Cc2ncnc(Oc3ccc4c(ccn4C(=O)Nc4cc(C5(C(F)(F)F)CC5)on4)c3)c2C[C@@H]1C. The summed E-state index contributed by atoms with van der Waals surface area (Å²) in [6.45, 7) is 4.22. The minimum Gasteiger partial charge on any atom is -0.450 e. The molecule has 4 aromatic rings. The molecule has 6 rings (SSSR count). The molecule has 14 heteroatoms. The van der Waals surface area contributed by atoms with E-state index in [1.165, 1.54) is 17.1 Å². The number of hydrogen-bond donors (Lipinski definition) is 1. The minimum absolute atomic E-state index is 0.0748. The molecule has 0 radical (unpaired) electrons. The zero-order chi connectivity index (χ0) is 28.9. The van der Waals surface area contributed by atoms with E-state index in [4.69, 9.17) is 14.0 Å². The molecule has 1 atom stereocenters. The van der Waals surface area contributed by atoms with Gasteiger partial charge in [0.1, 0.15) is 17.5 Å². The number of ether oxygens (including phenoxy) is 2. The molecule has 1 saturated carbocycles. The smallest absolute Gasteiger partial charge is 0.410 e. The van der Waals surface area contributed by atoms with Gasteiger partial charge in [0, 0.05) is 29.3 Å². The van der Waals surface area contributed by atoms with E-state index >= 15 is 0 Å². The second-order valence-electron chi connectivity index (χ2n) is 10.1. The first kappa shape index (κ1) is 26.6. The molecule has 41 heavy (non-hydrogen) atoms. The zero-order valence-corrected chi connectivity index (χ0v) is 22.1. The Morgan fingerprint density at radius 1 is 1.20 bits per heavy atom. The first-order chi connectivity index (χ1) is 19.6. The third-order valence-electron chi connectivity index (χ3n) is 7.45. The van der Waals surface area contributed by atoms with E-state index in [1.807, 2.05) is 6.92 Å². The minimum atomic E-state index is -4.45. The highest BCUT2D eigenvalue weighted by atomic mass is 19.4. The second-order valence-corrected chi connectivity index (χ2v) is 10.1. The van der Waals surface area contributed by atoms with Crippen molar-refractivity contribution in [2.75, 3.05) is 11.9 Å². The molecule has 0 spiro atoms. The highest BCUT2D eigenvalue weighted by molar-refractivity contribution is 5.98. The van der Waals surface area contributed by atoms with Gasteiger partial charge < -0.3 is 14.0 Å². The highest BCUT2D eigenvalue weighted by Gasteiger charge is 2.67. The number of fused-ring (bicyclic) bond motifs is 2. The van der Waals surface area contributed by atoms with Crippen LogP contribution in [0.1, 0.15) is 43.7 Å². The molecule has 1 aliphatic heterocycles. The fraction of sp³-hybridized carbons (Fsp3) is 0.370. The van der Waals surface area contributed by atoms with Gasteiger partial charge in [-0.1, -0.05) is 5.16 Å². The Morgan fingerprint density at radius 3 is 2.73 bits per heavy atom. The van der Waals surface area contributed by atoms with Crippen LogP contribution in [-0.2, 0) is 23.1 Å². The van der Waals surface area contributed by atoms with Gasteiger partial charge in [0.25, 0.3) is 0 Å². The van der Waals surface area contributed by atoms with E-state index in [9.17, 15) is 22.8 Å². The average Bonchev–Trinajstić information content (AvgIpc) is 3.45. The summed E-state index contributed by atoms with van der Waals surface area (Å²) in [5.74, 6) is 0.428. The van der Waals surface area contributed by atoms with Crippen LogP contribution in [0.15, 0.2) is 47.4 Å². The monoisotopic (exact) mass is 570 g/mol. The quantitative estimate of drug-likeness (QED) is 0.320. The molecule has 1 aliphatic carbocycles. The van der Waals surface area contributed by atoms with Crippen LogP contribution in [0.2, 0.25) is 0 Å². The molecule has 0 unspecified atom stereocenters. The van der Waals surface area contributed by atoms with Gasteiger partial charge >= 0.3 is 18.3 Å². The van der Waals surface area contributed by atoms with Crippen molar-refractivity contribution in [1.29, 1.82) is 0 Å². The molecule has 2 aliphatic rings. The number of nitrogens with zero attached hydrogens (tertiary/aromatic N) is 5. The predicted octanol–water partition coefficient (Wildman–Crippen LogP) is 5.79. The maximum atomic E-state index is 13.4. The number of alkyl halides is 3. The number of carbonyl (C=O) groups is 2. The summed E-state index contributed by atoms with van der Waals surface area (Å²) in [6.07, 6.45) is -1.61. The van der Waals surface area contributed by atoms with Crippen molar-refractivity contribution in [3.05, 3.63) is 59.9 Å². The van der Waals surface area contributed by atoms with E-state index in [2.05, 4.69) is 20.4 Å². The lowest BCUT2D eigenvalue weighted by Gasteiger charge is -2.33. The van der Waals surface area contributed by atoms with E-state index in [-0.39, 0.29) is 43.6 Å². The Morgan fingerprint density at radius 2 is 2.00 bits per heavy atom. The largest absolute Gasteiger partial charge is 0.450 e. The highest BCUT2D eigenvalue weighted by Crippen LogP contribution is 2.59. The summed E-state index contributed by atoms with van der Waals surface area (Å²) < 4.78 is 57.6. The van der Waals surface area contributed by atoms with Gasteiger partial charge in [0.2, 0.25) is 5.88 Å².